The summed E-state index contributed by atoms with van der Waals surface area (Å²) < 4.78 is 0. The average Bonchev–Trinajstić information content (AvgIpc) is 1.85. The van der Waals surface area contributed by atoms with E-state index in [2.05, 4.69) is 4.98 Å². The summed E-state index contributed by atoms with van der Waals surface area (Å²) in [5, 5.41) is 1.04. The molecule has 1 atom stereocenters. The minimum atomic E-state index is -0.155. The Kier molecular flexibility index (Phi) is 8.09. The lowest BCUT2D eigenvalue weighted by atomic mass is 10.1. The van der Waals surface area contributed by atoms with Gasteiger partial charge in [-0.3, -0.25) is 4.98 Å². The van der Waals surface area contributed by atoms with Crippen LogP contribution >= 0.6 is 48.0 Å². The first-order valence-electron chi connectivity index (χ1n) is 3.17. The van der Waals surface area contributed by atoms with E-state index in [1.54, 1.807) is 0 Å². The van der Waals surface area contributed by atoms with Gasteiger partial charge in [-0.1, -0.05) is 23.2 Å². The fraction of sp³-hybridized carbons (Fsp3) is 0.286. The highest BCUT2D eigenvalue weighted by Gasteiger charge is 2.09. The predicted octanol–water partition coefficient (Wildman–Crippen LogP) is 3.25. The van der Waals surface area contributed by atoms with E-state index < -0.39 is 0 Å². The number of hydrogen-bond donors (Lipinski definition) is 1. The van der Waals surface area contributed by atoms with Gasteiger partial charge in [0.2, 0.25) is 0 Å². The zero-order valence-electron chi connectivity index (χ0n) is 6.83. The summed E-state index contributed by atoms with van der Waals surface area (Å²) >= 11 is 11.6. The normalized spacial score (nSPS) is 11.1. The fourth-order valence-corrected chi connectivity index (χ4v) is 1.57. The lowest BCUT2D eigenvalue weighted by molar-refractivity contribution is 0.816. The molecule has 0 saturated carbocycles. The number of aromatic nitrogens is 1. The quantitative estimate of drug-likeness (QED) is 0.845. The first-order valence-corrected chi connectivity index (χ1v) is 3.93. The lowest BCUT2D eigenvalue weighted by Gasteiger charge is -2.08. The number of halogens is 4. The molecule has 0 fully saturated rings. The Morgan fingerprint density at radius 1 is 1.23 bits per heavy atom. The molecule has 2 nitrogen and oxygen atoms in total. The van der Waals surface area contributed by atoms with Crippen molar-refractivity contribution >= 4 is 48.0 Å². The van der Waals surface area contributed by atoms with Crippen LogP contribution in [0.3, 0.4) is 0 Å². The minimum absolute atomic E-state index is 0. The van der Waals surface area contributed by atoms with Gasteiger partial charge in [0.1, 0.15) is 0 Å². The Morgan fingerprint density at radius 2 is 1.62 bits per heavy atom. The van der Waals surface area contributed by atoms with Crippen LogP contribution in [0.2, 0.25) is 10.0 Å². The molecule has 1 aromatic heterocycles. The Bertz CT molecular complexity index is 244. The highest BCUT2D eigenvalue weighted by molar-refractivity contribution is 6.35. The maximum atomic E-state index is 5.80. The maximum absolute atomic E-state index is 5.80. The number of nitrogens with two attached hydrogens (primary N) is 1. The standard InChI is InChI=1S/C7H8Cl2N2.2ClH/c1-4(10)7-5(8)2-11-3-6(7)9;;/h2-4H,10H2,1H3;2*1H. The van der Waals surface area contributed by atoms with E-state index in [4.69, 9.17) is 28.9 Å². The van der Waals surface area contributed by atoms with Crippen LogP contribution in [-0.4, -0.2) is 4.98 Å². The summed E-state index contributed by atoms with van der Waals surface area (Å²) in [5.41, 5.74) is 6.37. The number of pyridine rings is 1. The third-order valence-corrected chi connectivity index (χ3v) is 1.95. The van der Waals surface area contributed by atoms with Crippen LogP contribution < -0.4 is 5.73 Å². The molecule has 0 radical (unpaired) electrons. The van der Waals surface area contributed by atoms with Crippen molar-refractivity contribution in [3.8, 4) is 0 Å². The first-order chi connectivity index (χ1) is 5.13. The largest absolute Gasteiger partial charge is 0.324 e. The van der Waals surface area contributed by atoms with Gasteiger partial charge in [0.25, 0.3) is 0 Å². The molecule has 0 spiro atoms. The van der Waals surface area contributed by atoms with Gasteiger partial charge in [-0.05, 0) is 6.92 Å². The molecule has 2 N–H and O–H groups in total. The number of hydrogen-bond acceptors (Lipinski definition) is 2. The summed E-state index contributed by atoms with van der Waals surface area (Å²) in [5.74, 6) is 0. The predicted molar refractivity (Wildman–Crippen MR) is 61.4 cm³/mol. The SMILES string of the molecule is CC(N)c1c(Cl)cncc1Cl.Cl.Cl. The third-order valence-electron chi connectivity index (χ3n) is 1.35. The van der Waals surface area contributed by atoms with Crippen molar-refractivity contribution in [3.63, 3.8) is 0 Å². The van der Waals surface area contributed by atoms with Crippen LogP contribution in [0.4, 0.5) is 0 Å². The van der Waals surface area contributed by atoms with Crippen molar-refractivity contribution in [3.05, 3.63) is 28.0 Å². The fourth-order valence-electron chi connectivity index (χ4n) is 0.856. The second-order valence-corrected chi connectivity index (χ2v) is 3.12. The van der Waals surface area contributed by atoms with Crippen LogP contribution in [0.15, 0.2) is 12.4 Å². The van der Waals surface area contributed by atoms with Gasteiger partial charge in [-0.25, -0.2) is 0 Å². The zero-order chi connectivity index (χ0) is 8.43. The van der Waals surface area contributed by atoms with Crippen molar-refractivity contribution in [2.24, 2.45) is 5.73 Å². The van der Waals surface area contributed by atoms with Crippen LogP contribution in [-0.2, 0) is 0 Å². The van der Waals surface area contributed by atoms with Crippen LogP contribution in [0.25, 0.3) is 0 Å². The Balaban J connectivity index is 0. The highest BCUT2D eigenvalue weighted by Crippen LogP contribution is 2.27. The van der Waals surface area contributed by atoms with Gasteiger partial charge in [0.05, 0.1) is 10.0 Å². The molecule has 76 valence electrons. The van der Waals surface area contributed by atoms with Crippen molar-refractivity contribution in [1.82, 2.24) is 4.98 Å². The molecule has 1 heterocycles. The van der Waals surface area contributed by atoms with Crippen LogP contribution in [0.5, 0.6) is 0 Å². The topological polar surface area (TPSA) is 38.9 Å². The molecule has 0 aliphatic carbocycles. The molecule has 0 bridgehead atoms. The Labute approximate surface area is 99.6 Å². The molecule has 1 aromatic rings. The minimum Gasteiger partial charge on any atom is -0.324 e. The Morgan fingerprint density at radius 3 is 1.85 bits per heavy atom. The van der Waals surface area contributed by atoms with Gasteiger partial charge < -0.3 is 5.73 Å². The lowest BCUT2D eigenvalue weighted by Crippen LogP contribution is -2.06. The molecule has 13 heavy (non-hydrogen) atoms. The highest BCUT2D eigenvalue weighted by atomic mass is 35.5. The zero-order valence-corrected chi connectivity index (χ0v) is 9.97. The van der Waals surface area contributed by atoms with Crippen molar-refractivity contribution in [2.45, 2.75) is 13.0 Å². The second kappa shape index (κ2) is 6.68. The molecule has 1 rings (SSSR count). The van der Waals surface area contributed by atoms with E-state index >= 15 is 0 Å². The van der Waals surface area contributed by atoms with Crippen molar-refractivity contribution < 1.29 is 0 Å². The number of nitrogens with zero attached hydrogens (tertiary/aromatic N) is 1. The number of rotatable bonds is 1. The van der Waals surface area contributed by atoms with E-state index in [-0.39, 0.29) is 30.9 Å². The van der Waals surface area contributed by atoms with E-state index in [1.165, 1.54) is 12.4 Å². The summed E-state index contributed by atoms with van der Waals surface area (Å²) in [4.78, 5) is 3.81. The second-order valence-electron chi connectivity index (χ2n) is 2.31. The third kappa shape index (κ3) is 3.88. The molecule has 6 heteroatoms. The van der Waals surface area contributed by atoms with E-state index in [0.29, 0.717) is 10.0 Å². The smallest absolute Gasteiger partial charge is 0.0651 e. The van der Waals surface area contributed by atoms with Gasteiger partial charge in [0, 0.05) is 24.0 Å². The molecule has 0 aliphatic heterocycles. The van der Waals surface area contributed by atoms with Gasteiger partial charge in [-0.2, -0.15) is 0 Å². The molecule has 0 saturated heterocycles. The van der Waals surface area contributed by atoms with Crippen LogP contribution in [0, 0.1) is 0 Å². The van der Waals surface area contributed by atoms with E-state index in [9.17, 15) is 0 Å². The van der Waals surface area contributed by atoms with Crippen LogP contribution in [0.1, 0.15) is 18.5 Å². The molecular weight excluding hydrogens is 254 g/mol. The average molecular weight is 264 g/mol. The molecule has 0 amide bonds. The van der Waals surface area contributed by atoms with E-state index in [1.807, 2.05) is 6.92 Å². The van der Waals surface area contributed by atoms with Gasteiger partial charge >= 0.3 is 0 Å². The first kappa shape index (κ1) is 15.7. The molecule has 1 unspecified atom stereocenters. The summed E-state index contributed by atoms with van der Waals surface area (Å²) in [7, 11) is 0. The monoisotopic (exact) mass is 262 g/mol. The van der Waals surface area contributed by atoms with E-state index in [0.717, 1.165) is 5.56 Å². The van der Waals surface area contributed by atoms with Crippen molar-refractivity contribution in [2.75, 3.05) is 0 Å². The summed E-state index contributed by atoms with van der Waals surface area (Å²) in [6.07, 6.45) is 3.07. The molecule has 0 aromatic carbocycles. The summed E-state index contributed by atoms with van der Waals surface area (Å²) in [6.45, 7) is 1.83. The molecular formula is C7H10Cl4N2. The van der Waals surface area contributed by atoms with Gasteiger partial charge in [-0.15, -0.1) is 24.8 Å². The maximum Gasteiger partial charge on any atom is 0.0651 e. The molecule has 0 aliphatic rings. The Hall–Kier alpha value is 0.270. The van der Waals surface area contributed by atoms with Gasteiger partial charge in [0.15, 0.2) is 0 Å². The van der Waals surface area contributed by atoms with Crippen molar-refractivity contribution in [1.29, 1.82) is 0 Å². The summed E-state index contributed by atoms with van der Waals surface area (Å²) in [6, 6.07) is -0.155.